The van der Waals surface area contributed by atoms with Crippen molar-refractivity contribution in [3.63, 3.8) is 0 Å². The SMILES string of the molecule is CP(C)(=O)c1ccc(Nc2ncc(C(F)(F)F)c(NCc3ccc4c(c3)OCO4)n2)cc1. The highest BCUT2D eigenvalue weighted by atomic mass is 31.2. The molecule has 0 saturated heterocycles. The molecule has 0 fully saturated rings. The van der Waals surface area contributed by atoms with E-state index in [-0.39, 0.29) is 25.1 Å². The summed E-state index contributed by atoms with van der Waals surface area (Å²) in [6.45, 7) is 3.52. The van der Waals surface area contributed by atoms with Crippen LogP contribution in [0, 0.1) is 0 Å². The molecule has 4 rings (SSSR count). The highest BCUT2D eigenvalue weighted by molar-refractivity contribution is 7.70. The fourth-order valence-corrected chi connectivity index (χ4v) is 3.92. The van der Waals surface area contributed by atoms with Gasteiger partial charge in [0.1, 0.15) is 18.5 Å². The molecule has 0 bridgehead atoms. The number of benzene rings is 2. The summed E-state index contributed by atoms with van der Waals surface area (Å²) < 4.78 is 63.1. The Hall–Kier alpha value is -3.26. The van der Waals surface area contributed by atoms with Crippen molar-refractivity contribution in [3.05, 3.63) is 59.8 Å². The Morgan fingerprint density at radius 3 is 2.47 bits per heavy atom. The van der Waals surface area contributed by atoms with Gasteiger partial charge in [0.15, 0.2) is 11.5 Å². The van der Waals surface area contributed by atoms with E-state index in [9.17, 15) is 17.7 Å². The van der Waals surface area contributed by atoms with E-state index in [1.54, 1.807) is 55.8 Å². The molecule has 0 saturated carbocycles. The second kappa shape index (κ2) is 8.35. The lowest BCUT2D eigenvalue weighted by Gasteiger charge is -2.15. The Kier molecular flexibility index (Phi) is 5.73. The first-order chi connectivity index (χ1) is 15.1. The average molecular weight is 464 g/mol. The first-order valence-corrected chi connectivity index (χ1v) is 12.2. The van der Waals surface area contributed by atoms with E-state index in [2.05, 4.69) is 20.6 Å². The molecule has 0 atom stereocenters. The van der Waals surface area contributed by atoms with Crippen LogP contribution in [0.4, 0.5) is 30.6 Å². The molecule has 2 aromatic carbocycles. The molecular weight excluding hydrogens is 444 g/mol. The summed E-state index contributed by atoms with van der Waals surface area (Å²) in [5.74, 6) is 0.773. The highest BCUT2D eigenvalue weighted by Gasteiger charge is 2.35. The van der Waals surface area contributed by atoms with Gasteiger partial charge in [-0.1, -0.05) is 6.07 Å². The van der Waals surface area contributed by atoms with Crippen LogP contribution in [-0.2, 0) is 17.3 Å². The van der Waals surface area contributed by atoms with Crippen molar-refractivity contribution in [2.75, 3.05) is 30.8 Å². The van der Waals surface area contributed by atoms with Gasteiger partial charge in [0.25, 0.3) is 0 Å². The van der Waals surface area contributed by atoms with Gasteiger partial charge in [-0.25, -0.2) is 4.98 Å². The zero-order chi connectivity index (χ0) is 22.9. The van der Waals surface area contributed by atoms with E-state index in [1.165, 1.54) is 0 Å². The first kappa shape index (κ1) is 22.0. The van der Waals surface area contributed by atoms with Crippen molar-refractivity contribution in [2.45, 2.75) is 12.7 Å². The molecule has 2 heterocycles. The molecule has 0 aliphatic carbocycles. The predicted octanol–water partition coefficient (Wildman–Crippen LogP) is 4.83. The van der Waals surface area contributed by atoms with Crippen LogP contribution in [0.2, 0.25) is 0 Å². The highest BCUT2D eigenvalue weighted by Crippen LogP contribution is 2.36. The maximum atomic E-state index is 13.5. The van der Waals surface area contributed by atoms with E-state index in [4.69, 9.17) is 9.47 Å². The van der Waals surface area contributed by atoms with Crippen LogP contribution >= 0.6 is 7.14 Å². The second-order valence-corrected chi connectivity index (χ2v) is 10.7. The summed E-state index contributed by atoms with van der Waals surface area (Å²) in [5.41, 5.74) is 0.287. The van der Waals surface area contributed by atoms with E-state index < -0.39 is 18.9 Å². The standard InChI is InChI=1S/C21H20F3N4O3P/c1-32(2,29)15-6-4-14(5-7-15)27-20-26-11-16(21(22,23)24)19(28-20)25-10-13-3-8-17-18(9-13)31-12-30-17/h3-9,11H,10,12H2,1-2H3,(H2,25,26,27,28). The van der Waals surface area contributed by atoms with Gasteiger partial charge in [-0.05, 0) is 55.3 Å². The topological polar surface area (TPSA) is 85.4 Å². The summed E-state index contributed by atoms with van der Waals surface area (Å²) in [5, 5.41) is 6.31. The Morgan fingerprint density at radius 2 is 1.78 bits per heavy atom. The zero-order valence-corrected chi connectivity index (χ0v) is 18.1. The minimum atomic E-state index is -4.62. The predicted molar refractivity (Wildman–Crippen MR) is 116 cm³/mol. The van der Waals surface area contributed by atoms with Crippen LogP contribution in [0.1, 0.15) is 11.1 Å². The maximum absolute atomic E-state index is 13.5. The van der Waals surface area contributed by atoms with Gasteiger partial charge in [0.2, 0.25) is 12.7 Å². The Labute approximate surface area is 182 Å². The molecule has 0 spiro atoms. The Balaban J connectivity index is 1.55. The number of ether oxygens (including phenoxy) is 2. The van der Waals surface area contributed by atoms with Crippen molar-refractivity contribution < 1.29 is 27.2 Å². The molecule has 0 radical (unpaired) electrons. The fraction of sp³-hybridized carbons (Fsp3) is 0.238. The third-order valence-corrected chi connectivity index (χ3v) is 6.28. The third kappa shape index (κ3) is 4.96. The molecule has 11 heteroatoms. The van der Waals surface area contributed by atoms with Crippen LogP contribution in [0.25, 0.3) is 0 Å². The van der Waals surface area contributed by atoms with E-state index in [1.807, 2.05) is 0 Å². The van der Waals surface area contributed by atoms with Crippen LogP contribution in [0.15, 0.2) is 48.7 Å². The monoisotopic (exact) mass is 464 g/mol. The second-order valence-electron chi connectivity index (χ2n) is 7.52. The molecule has 32 heavy (non-hydrogen) atoms. The Morgan fingerprint density at radius 1 is 1.06 bits per heavy atom. The van der Waals surface area contributed by atoms with Crippen molar-refractivity contribution in [1.82, 2.24) is 9.97 Å². The van der Waals surface area contributed by atoms with Crippen LogP contribution in [-0.4, -0.2) is 30.1 Å². The van der Waals surface area contributed by atoms with E-state index in [0.717, 1.165) is 6.20 Å². The maximum Gasteiger partial charge on any atom is 0.421 e. The summed E-state index contributed by atoms with van der Waals surface area (Å²) in [4.78, 5) is 7.83. The molecule has 1 aliphatic rings. The molecule has 2 N–H and O–H groups in total. The molecule has 1 aromatic heterocycles. The number of rotatable bonds is 6. The number of anilines is 3. The number of nitrogens with one attached hydrogen (secondary N) is 2. The number of alkyl halides is 3. The van der Waals surface area contributed by atoms with Gasteiger partial charge in [0, 0.05) is 23.7 Å². The first-order valence-electron chi connectivity index (χ1n) is 9.59. The normalized spacial score (nSPS) is 13.2. The largest absolute Gasteiger partial charge is 0.454 e. The molecular formula is C21H20F3N4O3P. The third-order valence-electron chi connectivity index (χ3n) is 4.74. The van der Waals surface area contributed by atoms with Crippen LogP contribution < -0.4 is 25.4 Å². The van der Waals surface area contributed by atoms with Gasteiger partial charge in [-0.3, -0.25) is 0 Å². The zero-order valence-electron chi connectivity index (χ0n) is 17.2. The van der Waals surface area contributed by atoms with Gasteiger partial charge in [-0.15, -0.1) is 0 Å². The lowest BCUT2D eigenvalue weighted by atomic mass is 10.2. The fourth-order valence-electron chi connectivity index (χ4n) is 3.05. The quantitative estimate of drug-likeness (QED) is 0.506. The summed E-state index contributed by atoms with van der Waals surface area (Å²) in [6.07, 6.45) is -3.89. The van der Waals surface area contributed by atoms with E-state index >= 15 is 0 Å². The number of nitrogens with zero attached hydrogens (tertiary/aromatic N) is 2. The molecule has 168 valence electrons. The summed E-state index contributed by atoms with van der Waals surface area (Å²) >= 11 is 0. The number of halogens is 3. The Bertz CT molecular complexity index is 1180. The minimum absolute atomic E-state index is 0.00452. The van der Waals surface area contributed by atoms with Crippen molar-refractivity contribution >= 4 is 29.9 Å². The average Bonchev–Trinajstić information content (AvgIpc) is 3.19. The van der Waals surface area contributed by atoms with Gasteiger partial charge >= 0.3 is 6.18 Å². The lowest BCUT2D eigenvalue weighted by Crippen LogP contribution is -2.14. The minimum Gasteiger partial charge on any atom is -0.454 e. The van der Waals surface area contributed by atoms with Crippen LogP contribution in [0.3, 0.4) is 0 Å². The van der Waals surface area contributed by atoms with Gasteiger partial charge in [-0.2, -0.15) is 18.2 Å². The number of hydrogen-bond acceptors (Lipinski definition) is 7. The molecule has 1 aliphatic heterocycles. The molecule has 7 nitrogen and oxygen atoms in total. The molecule has 0 unspecified atom stereocenters. The van der Waals surface area contributed by atoms with Crippen molar-refractivity contribution in [2.24, 2.45) is 0 Å². The van der Waals surface area contributed by atoms with Gasteiger partial charge < -0.3 is 24.7 Å². The number of aromatic nitrogens is 2. The lowest BCUT2D eigenvalue weighted by molar-refractivity contribution is -0.137. The van der Waals surface area contributed by atoms with Gasteiger partial charge in [0.05, 0.1) is 0 Å². The number of hydrogen-bond donors (Lipinski definition) is 2. The summed E-state index contributed by atoms with van der Waals surface area (Å²) in [7, 11) is -2.41. The molecule has 0 amide bonds. The summed E-state index contributed by atoms with van der Waals surface area (Å²) in [6, 6.07) is 11.9. The smallest absolute Gasteiger partial charge is 0.421 e. The number of fused-ring (bicyclic) bond motifs is 1. The van der Waals surface area contributed by atoms with E-state index in [0.29, 0.717) is 28.1 Å². The molecule has 3 aromatic rings. The van der Waals surface area contributed by atoms with Crippen molar-refractivity contribution in [3.8, 4) is 11.5 Å². The van der Waals surface area contributed by atoms with Crippen molar-refractivity contribution in [1.29, 1.82) is 0 Å². The van der Waals surface area contributed by atoms with Crippen LogP contribution in [0.5, 0.6) is 11.5 Å².